The summed E-state index contributed by atoms with van der Waals surface area (Å²) >= 11 is 7.02. The van der Waals surface area contributed by atoms with Crippen LogP contribution >= 0.6 is 23.4 Å². The summed E-state index contributed by atoms with van der Waals surface area (Å²) in [5.41, 5.74) is 2.55. The van der Waals surface area contributed by atoms with E-state index >= 15 is 0 Å². The summed E-state index contributed by atoms with van der Waals surface area (Å²) in [5.74, 6) is 0.325. The van der Waals surface area contributed by atoms with Gasteiger partial charge in [0.1, 0.15) is 0 Å². The molecule has 1 aromatic rings. The van der Waals surface area contributed by atoms with Crippen molar-refractivity contribution >= 4 is 29.3 Å². The van der Waals surface area contributed by atoms with Gasteiger partial charge in [0.25, 0.3) is 5.95 Å². The molecule has 1 rings (SSSR count). The summed E-state index contributed by atoms with van der Waals surface area (Å²) in [4.78, 5) is 16.6. The number of halogens is 1. The van der Waals surface area contributed by atoms with Crippen LogP contribution in [0.2, 0.25) is 5.28 Å². The van der Waals surface area contributed by atoms with Gasteiger partial charge >= 0.3 is 0 Å². The predicted octanol–water partition coefficient (Wildman–Crippen LogP) is 1.61. The highest BCUT2D eigenvalue weighted by Gasteiger charge is 2.02. The lowest BCUT2D eigenvalue weighted by atomic mass is 10.9. The molecule has 5 nitrogen and oxygen atoms in total. The zero-order chi connectivity index (χ0) is 9.68. The lowest BCUT2D eigenvalue weighted by molar-refractivity contribution is 0.207. The molecule has 7 heteroatoms. The third-order valence-electron chi connectivity index (χ3n) is 1.08. The highest BCUT2D eigenvalue weighted by Crippen LogP contribution is 2.13. The molecule has 1 N–H and O–H groups in total. The van der Waals surface area contributed by atoms with Gasteiger partial charge in [0.05, 0.1) is 6.61 Å². The van der Waals surface area contributed by atoms with E-state index in [2.05, 4.69) is 20.4 Å². The first-order valence-electron chi connectivity index (χ1n) is 3.59. The highest BCUT2D eigenvalue weighted by atomic mass is 35.5. The number of anilines is 1. The van der Waals surface area contributed by atoms with E-state index in [1.165, 1.54) is 11.8 Å². The Hall–Kier alpha value is -0.590. The quantitative estimate of drug-likeness (QED) is 0.615. The number of thioether (sulfide) groups is 1. The van der Waals surface area contributed by atoms with E-state index in [9.17, 15) is 0 Å². The van der Waals surface area contributed by atoms with Gasteiger partial charge in [-0.3, -0.25) is 4.84 Å². The maximum Gasteiger partial charge on any atom is 0.252 e. The molecule has 0 unspecified atom stereocenters. The molecular weight excluding hydrogens is 212 g/mol. The maximum absolute atomic E-state index is 5.64. The summed E-state index contributed by atoms with van der Waals surface area (Å²) in [6.07, 6.45) is 1.86. The smallest absolute Gasteiger partial charge is 0.252 e. The van der Waals surface area contributed by atoms with Crippen LogP contribution in [0.15, 0.2) is 5.16 Å². The third kappa shape index (κ3) is 3.33. The van der Waals surface area contributed by atoms with Crippen LogP contribution in [0.4, 0.5) is 5.95 Å². The van der Waals surface area contributed by atoms with Crippen molar-refractivity contribution in [3.05, 3.63) is 5.28 Å². The number of hydrogen-bond donors (Lipinski definition) is 1. The largest absolute Gasteiger partial charge is 0.274 e. The molecule has 0 aromatic carbocycles. The topological polar surface area (TPSA) is 59.9 Å². The van der Waals surface area contributed by atoms with E-state index in [0.717, 1.165) is 0 Å². The molecule has 72 valence electrons. The summed E-state index contributed by atoms with van der Waals surface area (Å²) in [6.45, 7) is 2.38. The van der Waals surface area contributed by atoms with Crippen LogP contribution < -0.4 is 5.48 Å². The Morgan fingerprint density at radius 2 is 2.23 bits per heavy atom. The van der Waals surface area contributed by atoms with Crippen LogP contribution in [0.25, 0.3) is 0 Å². The van der Waals surface area contributed by atoms with E-state index in [0.29, 0.717) is 17.7 Å². The van der Waals surface area contributed by atoms with Crippen molar-refractivity contribution in [2.75, 3.05) is 18.3 Å². The van der Waals surface area contributed by atoms with E-state index in [-0.39, 0.29) is 5.28 Å². The van der Waals surface area contributed by atoms with Gasteiger partial charge in [0.15, 0.2) is 5.16 Å². The minimum atomic E-state index is 0.154. The molecule has 13 heavy (non-hydrogen) atoms. The minimum Gasteiger partial charge on any atom is -0.274 e. The summed E-state index contributed by atoms with van der Waals surface area (Å²) in [6, 6.07) is 0. The Bertz CT molecular complexity index is 285. The van der Waals surface area contributed by atoms with Crippen LogP contribution in [-0.4, -0.2) is 27.8 Å². The molecule has 0 atom stereocenters. The van der Waals surface area contributed by atoms with Crippen molar-refractivity contribution in [1.29, 1.82) is 0 Å². The fourth-order valence-electron chi connectivity index (χ4n) is 0.606. The second-order valence-electron chi connectivity index (χ2n) is 1.95. The predicted molar refractivity (Wildman–Crippen MR) is 51.9 cm³/mol. The van der Waals surface area contributed by atoms with E-state index < -0.39 is 0 Å². The molecule has 0 aliphatic heterocycles. The average Bonchev–Trinajstić information content (AvgIpc) is 2.14. The standard InChI is InChI=1S/C6H9ClN4OS/c1-3-12-11-5-8-4(7)9-6(10-5)13-2/h3H2,1-2H3,(H,8,9,10,11). The van der Waals surface area contributed by atoms with Crippen molar-refractivity contribution in [2.24, 2.45) is 0 Å². The van der Waals surface area contributed by atoms with Crippen molar-refractivity contribution in [3.63, 3.8) is 0 Å². The number of hydrogen-bond acceptors (Lipinski definition) is 6. The molecule has 0 fully saturated rings. The van der Waals surface area contributed by atoms with E-state index in [4.69, 9.17) is 16.4 Å². The van der Waals surface area contributed by atoms with Crippen molar-refractivity contribution in [3.8, 4) is 0 Å². The van der Waals surface area contributed by atoms with Gasteiger partial charge in [-0.25, -0.2) is 5.48 Å². The van der Waals surface area contributed by atoms with Crippen molar-refractivity contribution < 1.29 is 4.84 Å². The maximum atomic E-state index is 5.64. The lowest BCUT2D eigenvalue weighted by Gasteiger charge is -2.03. The molecule has 0 spiro atoms. The Labute approximate surface area is 85.2 Å². The molecule has 0 aliphatic carbocycles. The Morgan fingerprint density at radius 3 is 2.85 bits per heavy atom. The fourth-order valence-corrected chi connectivity index (χ4v) is 1.17. The zero-order valence-electron chi connectivity index (χ0n) is 7.24. The Balaban J connectivity index is 2.76. The van der Waals surface area contributed by atoms with Crippen LogP contribution in [0.5, 0.6) is 0 Å². The highest BCUT2D eigenvalue weighted by molar-refractivity contribution is 7.98. The summed E-state index contributed by atoms with van der Waals surface area (Å²) < 4.78 is 0. The number of aromatic nitrogens is 3. The number of nitrogens with zero attached hydrogens (tertiary/aromatic N) is 3. The lowest BCUT2D eigenvalue weighted by Crippen LogP contribution is -2.06. The van der Waals surface area contributed by atoms with Crippen LogP contribution in [0, 0.1) is 0 Å². The van der Waals surface area contributed by atoms with Gasteiger partial charge in [-0.15, -0.1) is 0 Å². The Kier molecular flexibility index (Phi) is 4.20. The molecule has 0 aliphatic rings. The summed E-state index contributed by atoms with van der Waals surface area (Å²) in [7, 11) is 0. The fraction of sp³-hybridized carbons (Fsp3) is 0.500. The Morgan fingerprint density at radius 1 is 1.46 bits per heavy atom. The van der Waals surface area contributed by atoms with Gasteiger partial charge in [-0.05, 0) is 24.8 Å². The second kappa shape index (κ2) is 5.21. The van der Waals surface area contributed by atoms with Crippen LogP contribution in [-0.2, 0) is 4.84 Å². The van der Waals surface area contributed by atoms with Crippen molar-refractivity contribution in [2.45, 2.75) is 12.1 Å². The van der Waals surface area contributed by atoms with Crippen molar-refractivity contribution in [1.82, 2.24) is 15.0 Å². The normalized spacial score (nSPS) is 10.1. The molecule has 1 heterocycles. The molecule has 0 bridgehead atoms. The van der Waals surface area contributed by atoms with Gasteiger partial charge in [-0.2, -0.15) is 15.0 Å². The molecule has 0 amide bonds. The molecule has 0 radical (unpaired) electrons. The summed E-state index contributed by atoms with van der Waals surface area (Å²) in [5, 5.41) is 0.712. The van der Waals surface area contributed by atoms with Crippen LogP contribution in [0.1, 0.15) is 6.92 Å². The first kappa shape index (κ1) is 10.5. The SMILES string of the molecule is CCONc1nc(Cl)nc(SC)n1. The third-order valence-corrected chi connectivity index (χ3v) is 1.79. The minimum absolute atomic E-state index is 0.154. The monoisotopic (exact) mass is 220 g/mol. The van der Waals surface area contributed by atoms with Gasteiger partial charge in [0.2, 0.25) is 5.28 Å². The van der Waals surface area contributed by atoms with Gasteiger partial charge in [-0.1, -0.05) is 11.8 Å². The van der Waals surface area contributed by atoms with E-state index in [1.807, 2.05) is 13.2 Å². The van der Waals surface area contributed by atoms with Crippen LogP contribution in [0.3, 0.4) is 0 Å². The molecular formula is C6H9ClN4OS. The number of nitrogens with one attached hydrogen (secondary N) is 1. The van der Waals surface area contributed by atoms with Gasteiger partial charge < -0.3 is 0 Å². The molecule has 0 saturated heterocycles. The second-order valence-corrected chi connectivity index (χ2v) is 3.06. The van der Waals surface area contributed by atoms with E-state index in [1.54, 1.807) is 0 Å². The number of rotatable bonds is 4. The molecule has 1 aromatic heterocycles. The molecule has 0 saturated carbocycles. The first-order valence-corrected chi connectivity index (χ1v) is 5.20. The average molecular weight is 221 g/mol. The van der Waals surface area contributed by atoms with Gasteiger partial charge in [0, 0.05) is 0 Å². The zero-order valence-corrected chi connectivity index (χ0v) is 8.82. The first-order chi connectivity index (χ1) is 6.26.